The molecule has 1 N–H and O–H groups in total. The van der Waals surface area contributed by atoms with Crippen LogP contribution >= 0.6 is 11.6 Å². The highest BCUT2D eigenvalue weighted by Crippen LogP contribution is 2.35. The number of carbonyl (C=O) groups excluding carboxylic acids is 3. The zero-order valence-corrected chi connectivity index (χ0v) is 18.3. The molecule has 1 aromatic rings. The van der Waals surface area contributed by atoms with E-state index < -0.39 is 23.2 Å². The standard InChI is InChI=1S/C21H25ClFN3O5/c1-3-30-16(27)6-9-24-19(28)15-12-21(31-25-15)7-10-26(11-8-21)20(29)17-14(22)5-4-13(2)18(17)23/h4-5H,3,6-12H2,1-2H3,(H,24,28). The summed E-state index contributed by atoms with van der Waals surface area (Å²) >= 11 is 6.06. The quantitative estimate of drug-likeness (QED) is 0.668. The predicted octanol–water partition coefficient (Wildman–Crippen LogP) is 2.61. The van der Waals surface area contributed by atoms with Crippen LogP contribution in [0, 0.1) is 12.7 Å². The molecule has 1 saturated heterocycles. The SMILES string of the molecule is CCOC(=O)CCNC(=O)C1=NOC2(CCN(C(=O)c3c(Cl)ccc(C)c3F)CC2)C1. The molecule has 0 bridgehead atoms. The monoisotopic (exact) mass is 453 g/mol. The van der Waals surface area contributed by atoms with Crippen LogP contribution in [0.5, 0.6) is 0 Å². The van der Waals surface area contributed by atoms with Gasteiger partial charge in [0, 0.05) is 38.9 Å². The lowest BCUT2D eigenvalue weighted by molar-refractivity contribution is -0.142. The van der Waals surface area contributed by atoms with Crippen LogP contribution < -0.4 is 5.32 Å². The first-order valence-electron chi connectivity index (χ1n) is 10.2. The first-order chi connectivity index (χ1) is 14.8. The molecular formula is C21H25ClFN3O5. The van der Waals surface area contributed by atoms with Crippen molar-refractivity contribution < 1.29 is 28.3 Å². The van der Waals surface area contributed by atoms with Crippen molar-refractivity contribution in [2.75, 3.05) is 26.2 Å². The maximum Gasteiger partial charge on any atom is 0.307 e. The maximum atomic E-state index is 14.4. The second kappa shape index (κ2) is 9.64. The topological polar surface area (TPSA) is 97.3 Å². The molecule has 10 heteroatoms. The summed E-state index contributed by atoms with van der Waals surface area (Å²) in [6, 6.07) is 3.04. The fraction of sp³-hybridized carbons (Fsp3) is 0.524. The van der Waals surface area contributed by atoms with Crippen molar-refractivity contribution in [3.8, 4) is 0 Å². The van der Waals surface area contributed by atoms with Gasteiger partial charge in [0.15, 0.2) is 0 Å². The van der Waals surface area contributed by atoms with Crippen LogP contribution in [-0.4, -0.2) is 60.2 Å². The Bertz CT molecular complexity index is 913. The number of nitrogens with zero attached hydrogens (tertiary/aromatic N) is 2. The van der Waals surface area contributed by atoms with Crippen LogP contribution in [0.15, 0.2) is 17.3 Å². The molecule has 0 unspecified atom stereocenters. The highest BCUT2D eigenvalue weighted by molar-refractivity contribution is 6.39. The van der Waals surface area contributed by atoms with Crippen molar-refractivity contribution in [3.63, 3.8) is 0 Å². The van der Waals surface area contributed by atoms with Crippen LogP contribution in [0.3, 0.4) is 0 Å². The lowest BCUT2D eigenvalue weighted by Crippen LogP contribution is -2.47. The Morgan fingerprint density at radius 3 is 2.71 bits per heavy atom. The highest BCUT2D eigenvalue weighted by Gasteiger charge is 2.44. The van der Waals surface area contributed by atoms with E-state index in [0.717, 1.165) is 0 Å². The molecule has 0 radical (unpaired) electrons. The third kappa shape index (κ3) is 5.15. The van der Waals surface area contributed by atoms with Gasteiger partial charge in [-0.1, -0.05) is 22.8 Å². The van der Waals surface area contributed by atoms with E-state index in [1.54, 1.807) is 13.8 Å². The second-order valence-electron chi connectivity index (χ2n) is 7.65. The molecular weight excluding hydrogens is 429 g/mol. The Hall–Kier alpha value is -2.68. The van der Waals surface area contributed by atoms with E-state index in [2.05, 4.69) is 10.5 Å². The van der Waals surface area contributed by atoms with Gasteiger partial charge in [-0.3, -0.25) is 14.4 Å². The van der Waals surface area contributed by atoms with E-state index >= 15 is 0 Å². The molecule has 1 spiro atoms. The van der Waals surface area contributed by atoms with Crippen molar-refractivity contribution in [1.82, 2.24) is 10.2 Å². The third-order valence-corrected chi connectivity index (χ3v) is 5.80. The van der Waals surface area contributed by atoms with Crippen molar-refractivity contribution >= 4 is 35.1 Å². The molecule has 2 heterocycles. The van der Waals surface area contributed by atoms with Gasteiger partial charge in [0.2, 0.25) is 0 Å². The number of hydrogen-bond acceptors (Lipinski definition) is 6. The van der Waals surface area contributed by atoms with Gasteiger partial charge >= 0.3 is 5.97 Å². The number of aryl methyl sites for hydroxylation is 1. The Kier molecular flexibility index (Phi) is 7.15. The molecule has 1 aromatic carbocycles. The van der Waals surface area contributed by atoms with Crippen LogP contribution in [0.1, 0.15) is 48.5 Å². The van der Waals surface area contributed by atoms with Crippen LogP contribution in [0.25, 0.3) is 0 Å². The molecule has 1 fully saturated rings. The molecule has 8 nitrogen and oxygen atoms in total. The summed E-state index contributed by atoms with van der Waals surface area (Å²) in [5.41, 5.74) is -0.189. The van der Waals surface area contributed by atoms with Crippen LogP contribution in [0.4, 0.5) is 4.39 Å². The number of amides is 2. The van der Waals surface area contributed by atoms with Gasteiger partial charge < -0.3 is 19.8 Å². The number of nitrogens with one attached hydrogen (secondary N) is 1. The van der Waals surface area contributed by atoms with Gasteiger partial charge in [0.05, 0.1) is 23.6 Å². The van der Waals surface area contributed by atoms with Gasteiger partial charge in [-0.15, -0.1) is 0 Å². The number of piperidine rings is 1. The van der Waals surface area contributed by atoms with Gasteiger partial charge in [-0.25, -0.2) is 4.39 Å². The number of benzene rings is 1. The van der Waals surface area contributed by atoms with Gasteiger partial charge in [0.25, 0.3) is 11.8 Å². The number of rotatable bonds is 6. The molecule has 0 atom stereocenters. The van der Waals surface area contributed by atoms with Crippen LogP contribution in [-0.2, 0) is 19.2 Å². The number of ether oxygens (including phenoxy) is 1. The summed E-state index contributed by atoms with van der Waals surface area (Å²) in [5.74, 6) is -1.85. The first kappa shape index (κ1) is 23.0. The summed E-state index contributed by atoms with van der Waals surface area (Å²) in [7, 11) is 0. The van der Waals surface area contributed by atoms with Gasteiger partial charge in [-0.05, 0) is 25.5 Å². The molecule has 168 valence electrons. The first-order valence-corrected chi connectivity index (χ1v) is 10.6. The Morgan fingerprint density at radius 1 is 1.32 bits per heavy atom. The van der Waals surface area contributed by atoms with E-state index in [-0.39, 0.29) is 41.8 Å². The fourth-order valence-electron chi connectivity index (χ4n) is 3.65. The molecule has 2 aliphatic rings. The lowest BCUT2D eigenvalue weighted by atomic mass is 9.86. The summed E-state index contributed by atoms with van der Waals surface area (Å²) in [6.07, 6.45) is 1.29. The number of likely N-dealkylation sites (tertiary alicyclic amines) is 1. The van der Waals surface area contributed by atoms with Crippen LogP contribution in [0.2, 0.25) is 5.02 Å². The van der Waals surface area contributed by atoms with Gasteiger partial charge in [-0.2, -0.15) is 0 Å². The lowest BCUT2D eigenvalue weighted by Gasteiger charge is -2.37. The van der Waals surface area contributed by atoms with Gasteiger partial charge in [0.1, 0.15) is 17.1 Å². The smallest absolute Gasteiger partial charge is 0.307 e. The normalized spacial score (nSPS) is 17.2. The Morgan fingerprint density at radius 2 is 2.03 bits per heavy atom. The molecule has 2 aliphatic heterocycles. The number of hydrogen-bond donors (Lipinski definition) is 1. The number of esters is 1. The number of halogens is 2. The molecule has 31 heavy (non-hydrogen) atoms. The predicted molar refractivity (Wildman–Crippen MR) is 111 cm³/mol. The Labute approximate surface area is 184 Å². The van der Waals surface area contributed by atoms with E-state index in [0.29, 0.717) is 37.9 Å². The minimum absolute atomic E-state index is 0.0774. The summed E-state index contributed by atoms with van der Waals surface area (Å²) in [6.45, 7) is 4.39. The zero-order valence-electron chi connectivity index (χ0n) is 17.5. The zero-order chi connectivity index (χ0) is 22.6. The average Bonchev–Trinajstić information content (AvgIpc) is 3.15. The van der Waals surface area contributed by atoms with E-state index in [1.807, 2.05) is 0 Å². The molecule has 2 amide bonds. The summed E-state index contributed by atoms with van der Waals surface area (Å²) in [5, 5.41) is 6.63. The van der Waals surface area contributed by atoms with Crippen molar-refractivity contribution in [2.24, 2.45) is 5.16 Å². The Balaban J connectivity index is 1.52. The average molecular weight is 454 g/mol. The summed E-state index contributed by atoms with van der Waals surface area (Å²) in [4.78, 5) is 43.6. The minimum atomic E-state index is -0.667. The largest absolute Gasteiger partial charge is 0.466 e. The van der Waals surface area contributed by atoms with E-state index in [4.69, 9.17) is 21.2 Å². The van der Waals surface area contributed by atoms with E-state index in [9.17, 15) is 18.8 Å². The minimum Gasteiger partial charge on any atom is -0.466 e. The van der Waals surface area contributed by atoms with E-state index in [1.165, 1.54) is 17.0 Å². The highest BCUT2D eigenvalue weighted by atomic mass is 35.5. The number of carbonyl (C=O) groups is 3. The third-order valence-electron chi connectivity index (χ3n) is 5.48. The van der Waals surface area contributed by atoms with Crippen molar-refractivity contribution in [3.05, 3.63) is 34.1 Å². The molecule has 0 aliphatic carbocycles. The molecule has 3 rings (SSSR count). The fourth-order valence-corrected chi connectivity index (χ4v) is 3.88. The second-order valence-corrected chi connectivity index (χ2v) is 8.05. The maximum absolute atomic E-state index is 14.4. The van der Waals surface area contributed by atoms with Crippen molar-refractivity contribution in [1.29, 1.82) is 0 Å². The number of oxime groups is 1. The van der Waals surface area contributed by atoms with Crippen molar-refractivity contribution in [2.45, 2.75) is 45.1 Å². The molecule has 0 saturated carbocycles. The summed E-state index contributed by atoms with van der Waals surface area (Å²) < 4.78 is 19.3. The molecule has 0 aromatic heterocycles.